The summed E-state index contributed by atoms with van der Waals surface area (Å²) in [5.74, 6) is 1.81. The van der Waals surface area contributed by atoms with Gasteiger partial charge in [0.2, 0.25) is 0 Å². The molecule has 2 fully saturated rings. The van der Waals surface area contributed by atoms with Crippen LogP contribution in [0.1, 0.15) is 52.2 Å². The van der Waals surface area contributed by atoms with Gasteiger partial charge in [-0.1, -0.05) is 0 Å². The van der Waals surface area contributed by atoms with Crippen molar-refractivity contribution in [2.24, 2.45) is 4.99 Å². The second-order valence-electron chi connectivity index (χ2n) is 8.99. The van der Waals surface area contributed by atoms with Gasteiger partial charge in [-0.2, -0.15) is 0 Å². The number of amides is 1. The summed E-state index contributed by atoms with van der Waals surface area (Å²) < 4.78 is 16.6. The lowest BCUT2D eigenvalue weighted by Crippen LogP contribution is -2.45. The number of rotatable bonds is 6. The molecule has 0 spiro atoms. The second kappa shape index (κ2) is 10.7. The lowest BCUT2D eigenvalue weighted by molar-refractivity contribution is 0.0223. The van der Waals surface area contributed by atoms with Crippen LogP contribution in [0, 0.1) is 0 Å². The van der Waals surface area contributed by atoms with E-state index in [4.69, 9.17) is 18.9 Å². The largest absolute Gasteiger partial charge is 0.469 e. The molecule has 2 atom stereocenters. The highest BCUT2D eigenvalue weighted by Crippen LogP contribution is 2.15. The zero-order valence-corrected chi connectivity index (χ0v) is 18.5. The molecule has 1 amide bonds. The van der Waals surface area contributed by atoms with Crippen LogP contribution in [0.3, 0.4) is 0 Å². The monoisotopic (exact) mass is 420 g/mol. The van der Waals surface area contributed by atoms with Crippen molar-refractivity contribution in [3.05, 3.63) is 24.2 Å². The van der Waals surface area contributed by atoms with E-state index in [-0.39, 0.29) is 18.2 Å². The van der Waals surface area contributed by atoms with Gasteiger partial charge in [0, 0.05) is 32.7 Å². The molecule has 0 saturated carbocycles. The number of hydrogen-bond donors (Lipinski definition) is 2. The van der Waals surface area contributed by atoms with Crippen molar-refractivity contribution in [3.63, 3.8) is 0 Å². The topological polar surface area (TPSA) is 88.3 Å². The van der Waals surface area contributed by atoms with Gasteiger partial charge >= 0.3 is 6.09 Å². The van der Waals surface area contributed by atoms with Gasteiger partial charge in [-0.15, -0.1) is 0 Å². The molecule has 2 saturated heterocycles. The van der Waals surface area contributed by atoms with E-state index in [0.29, 0.717) is 13.1 Å². The second-order valence-corrected chi connectivity index (χ2v) is 8.99. The van der Waals surface area contributed by atoms with E-state index in [2.05, 4.69) is 15.5 Å². The van der Waals surface area contributed by atoms with E-state index in [1.54, 1.807) is 6.26 Å². The smallest absolute Gasteiger partial charge is 0.407 e. The Kier molecular flexibility index (Phi) is 8.01. The van der Waals surface area contributed by atoms with Crippen molar-refractivity contribution in [2.45, 2.75) is 70.6 Å². The Morgan fingerprint density at radius 1 is 1.33 bits per heavy atom. The van der Waals surface area contributed by atoms with Crippen LogP contribution in [0.2, 0.25) is 0 Å². The zero-order valence-electron chi connectivity index (χ0n) is 18.5. The summed E-state index contributed by atoms with van der Waals surface area (Å²) in [6.07, 6.45) is 6.57. The summed E-state index contributed by atoms with van der Waals surface area (Å²) in [5.41, 5.74) is -0.498. The van der Waals surface area contributed by atoms with Crippen molar-refractivity contribution in [3.8, 4) is 0 Å². The van der Waals surface area contributed by atoms with Crippen molar-refractivity contribution in [2.75, 3.05) is 32.8 Å². The molecule has 1 aromatic rings. The number of nitrogens with one attached hydrogen (secondary N) is 2. The number of guanidine groups is 1. The number of carbonyl (C=O) groups excluding carboxylic acids is 1. The minimum atomic E-state index is -0.498. The minimum absolute atomic E-state index is 0.0443. The zero-order chi connectivity index (χ0) is 21.4. The lowest BCUT2D eigenvalue weighted by atomic mass is 10.1. The Bertz CT molecular complexity index is 678. The Morgan fingerprint density at radius 3 is 2.90 bits per heavy atom. The summed E-state index contributed by atoms with van der Waals surface area (Å²) in [5, 5.41) is 6.45. The van der Waals surface area contributed by atoms with Crippen molar-refractivity contribution in [1.29, 1.82) is 0 Å². The number of aliphatic imine (C=N–C) groups is 1. The van der Waals surface area contributed by atoms with Gasteiger partial charge in [-0.05, 0) is 58.6 Å². The molecule has 0 bridgehead atoms. The molecule has 0 radical (unpaired) electrons. The quantitative estimate of drug-likeness (QED) is 0.543. The van der Waals surface area contributed by atoms with Crippen LogP contribution in [-0.2, 0) is 15.9 Å². The first-order valence-electron chi connectivity index (χ1n) is 11.1. The van der Waals surface area contributed by atoms with Crippen LogP contribution < -0.4 is 10.6 Å². The summed E-state index contributed by atoms with van der Waals surface area (Å²) >= 11 is 0. The summed E-state index contributed by atoms with van der Waals surface area (Å²) in [4.78, 5) is 19.2. The molecule has 2 N–H and O–H groups in total. The lowest BCUT2D eigenvalue weighted by Gasteiger charge is -2.25. The van der Waals surface area contributed by atoms with Crippen molar-refractivity contribution >= 4 is 12.1 Å². The number of likely N-dealkylation sites (tertiary alicyclic amines) is 1. The van der Waals surface area contributed by atoms with Crippen LogP contribution in [-0.4, -0.2) is 67.5 Å². The summed E-state index contributed by atoms with van der Waals surface area (Å²) in [6, 6.07) is 3.92. The standard InChI is InChI=1S/C22H36N4O4/c1-22(2,3)30-21(27)25-17-10-12-26(16-17)20(23-11-9-18-8-6-14-28-18)24-15-19-7-4-5-13-29-19/h6,8,14,17,19H,4-5,7,9-13,15-16H2,1-3H3,(H,23,24)(H,25,27). The van der Waals surface area contributed by atoms with Gasteiger partial charge in [-0.25, -0.2) is 4.79 Å². The van der Waals surface area contributed by atoms with Crippen molar-refractivity contribution < 1.29 is 18.7 Å². The molecule has 30 heavy (non-hydrogen) atoms. The molecule has 8 heteroatoms. The van der Waals surface area contributed by atoms with Gasteiger partial charge in [-0.3, -0.25) is 4.99 Å². The maximum absolute atomic E-state index is 12.1. The number of nitrogens with zero attached hydrogens (tertiary/aromatic N) is 2. The van der Waals surface area contributed by atoms with E-state index in [1.165, 1.54) is 6.42 Å². The highest BCUT2D eigenvalue weighted by Gasteiger charge is 2.28. The fourth-order valence-corrected chi connectivity index (χ4v) is 3.70. The molecular formula is C22H36N4O4. The van der Waals surface area contributed by atoms with E-state index in [0.717, 1.165) is 57.1 Å². The predicted molar refractivity (Wildman–Crippen MR) is 116 cm³/mol. The van der Waals surface area contributed by atoms with Gasteiger partial charge in [0.1, 0.15) is 11.4 Å². The fourth-order valence-electron chi connectivity index (χ4n) is 3.70. The Hall–Kier alpha value is -2.22. The Morgan fingerprint density at radius 2 is 2.20 bits per heavy atom. The fraction of sp³-hybridized carbons (Fsp3) is 0.727. The molecule has 2 aliphatic heterocycles. The number of carbonyl (C=O) groups is 1. The third kappa shape index (κ3) is 7.55. The number of hydrogen-bond acceptors (Lipinski definition) is 5. The van der Waals surface area contributed by atoms with Gasteiger partial charge in [0.15, 0.2) is 5.96 Å². The van der Waals surface area contributed by atoms with E-state index < -0.39 is 5.60 Å². The summed E-state index contributed by atoms with van der Waals surface area (Å²) in [6.45, 7) is 9.36. The average Bonchev–Trinajstić information content (AvgIpc) is 3.36. The van der Waals surface area contributed by atoms with E-state index in [9.17, 15) is 4.79 Å². The van der Waals surface area contributed by atoms with Crippen LogP contribution in [0.4, 0.5) is 4.79 Å². The predicted octanol–water partition coefficient (Wildman–Crippen LogP) is 2.94. The first-order chi connectivity index (χ1) is 14.4. The first kappa shape index (κ1) is 22.5. The van der Waals surface area contributed by atoms with Crippen molar-refractivity contribution in [1.82, 2.24) is 15.5 Å². The number of ether oxygens (including phenoxy) is 2. The number of furan rings is 1. The molecule has 3 rings (SSSR count). The Labute approximate surface area is 179 Å². The average molecular weight is 421 g/mol. The normalized spacial score (nSPS) is 22.8. The molecule has 8 nitrogen and oxygen atoms in total. The molecular weight excluding hydrogens is 384 g/mol. The third-order valence-corrected chi connectivity index (χ3v) is 5.16. The third-order valence-electron chi connectivity index (χ3n) is 5.16. The minimum Gasteiger partial charge on any atom is -0.469 e. The molecule has 1 aromatic heterocycles. The molecule has 2 aliphatic rings. The van der Waals surface area contributed by atoms with Gasteiger partial charge in [0.25, 0.3) is 0 Å². The van der Waals surface area contributed by atoms with E-state index >= 15 is 0 Å². The van der Waals surface area contributed by atoms with Crippen LogP contribution in [0.15, 0.2) is 27.8 Å². The molecule has 2 unspecified atom stereocenters. The van der Waals surface area contributed by atoms with E-state index in [1.807, 2.05) is 32.9 Å². The van der Waals surface area contributed by atoms with Gasteiger partial charge < -0.3 is 29.4 Å². The number of alkyl carbamates (subject to hydrolysis) is 1. The summed E-state index contributed by atoms with van der Waals surface area (Å²) in [7, 11) is 0. The molecule has 3 heterocycles. The van der Waals surface area contributed by atoms with Crippen LogP contribution in [0.25, 0.3) is 0 Å². The van der Waals surface area contributed by atoms with Gasteiger partial charge in [0.05, 0.1) is 25.0 Å². The molecule has 168 valence electrons. The maximum Gasteiger partial charge on any atom is 0.407 e. The SMILES string of the molecule is CC(C)(C)OC(=O)NC1CCN(C(=NCC2CCCCO2)NCCc2ccco2)C1. The van der Waals surface area contributed by atoms with Crippen LogP contribution >= 0.6 is 0 Å². The maximum atomic E-state index is 12.1. The molecule has 0 aliphatic carbocycles. The highest BCUT2D eigenvalue weighted by atomic mass is 16.6. The first-order valence-corrected chi connectivity index (χ1v) is 11.1. The Balaban J connectivity index is 1.54. The van der Waals surface area contributed by atoms with Crippen LogP contribution in [0.5, 0.6) is 0 Å². The highest BCUT2D eigenvalue weighted by molar-refractivity contribution is 5.80. The molecule has 0 aromatic carbocycles.